The third kappa shape index (κ3) is 4.18. The first-order valence-corrected chi connectivity index (χ1v) is 14.8. The number of hydrogen-bond donors (Lipinski definition) is 5. The summed E-state index contributed by atoms with van der Waals surface area (Å²) in [6.45, 7) is 4.16. The molecule has 5 fully saturated rings. The molecule has 0 aromatic carbocycles. The summed E-state index contributed by atoms with van der Waals surface area (Å²) < 4.78 is 17.0. The van der Waals surface area contributed by atoms with Crippen molar-refractivity contribution in [3.05, 3.63) is 34.4 Å². The van der Waals surface area contributed by atoms with Crippen LogP contribution in [0.3, 0.4) is 0 Å². The zero-order chi connectivity index (χ0) is 27.7. The summed E-state index contributed by atoms with van der Waals surface area (Å²) in [5, 5.41) is 52.6. The number of ether oxygens (including phenoxy) is 2. The lowest BCUT2D eigenvalue weighted by Crippen LogP contribution is -2.62. The van der Waals surface area contributed by atoms with Crippen LogP contribution in [0.1, 0.15) is 83.1 Å². The van der Waals surface area contributed by atoms with Crippen molar-refractivity contribution < 1.29 is 39.4 Å². The van der Waals surface area contributed by atoms with Crippen LogP contribution in [0.4, 0.5) is 0 Å². The molecule has 5 aliphatic rings. The van der Waals surface area contributed by atoms with E-state index in [1.54, 1.807) is 6.26 Å². The molecule has 5 N–H and O–H groups in total. The van der Waals surface area contributed by atoms with Gasteiger partial charge in [0.05, 0.1) is 24.6 Å². The highest BCUT2D eigenvalue weighted by Crippen LogP contribution is 2.70. The SMILES string of the molecule is C[C@]12CC[C@@H](O[C@H]3O[C@H](CO)[C@@H](O)[C@H](O)[C@H]3O)C[C@H]1CC[C@@H]1[C@@H]2CC[C@]2(C)C(c3ccc(=O)oc3)CC[C@]12O. The van der Waals surface area contributed by atoms with Crippen LogP contribution in [0, 0.1) is 28.6 Å². The summed E-state index contributed by atoms with van der Waals surface area (Å²) in [7, 11) is 0. The van der Waals surface area contributed by atoms with Gasteiger partial charge in [-0.05, 0) is 98.5 Å². The molecule has 0 bridgehead atoms. The molecule has 1 unspecified atom stereocenters. The van der Waals surface area contributed by atoms with Gasteiger partial charge in [-0.3, -0.25) is 0 Å². The first-order chi connectivity index (χ1) is 18.5. The number of aliphatic hydroxyl groups excluding tert-OH is 4. The van der Waals surface area contributed by atoms with Crippen LogP contribution < -0.4 is 5.63 Å². The van der Waals surface area contributed by atoms with E-state index in [9.17, 15) is 30.3 Å². The topological polar surface area (TPSA) is 150 Å². The summed E-state index contributed by atoms with van der Waals surface area (Å²) in [5.74, 6) is 1.22. The first kappa shape index (κ1) is 27.8. The minimum atomic E-state index is -1.44. The molecule has 0 radical (unpaired) electrons. The number of aliphatic hydroxyl groups is 5. The van der Waals surface area contributed by atoms with Crippen LogP contribution in [0.2, 0.25) is 0 Å². The maximum Gasteiger partial charge on any atom is 0.335 e. The Balaban J connectivity index is 1.16. The van der Waals surface area contributed by atoms with E-state index < -0.39 is 42.9 Å². The van der Waals surface area contributed by atoms with Crippen molar-refractivity contribution in [1.82, 2.24) is 0 Å². The summed E-state index contributed by atoms with van der Waals surface area (Å²) in [5.41, 5.74) is -0.280. The van der Waals surface area contributed by atoms with E-state index in [1.165, 1.54) is 6.07 Å². The van der Waals surface area contributed by atoms with E-state index >= 15 is 0 Å². The fraction of sp³-hybridized carbons (Fsp3) is 0.833. The fourth-order valence-electron chi connectivity index (χ4n) is 9.78. The Labute approximate surface area is 229 Å². The summed E-state index contributed by atoms with van der Waals surface area (Å²) in [4.78, 5) is 11.6. The van der Waals surface area contributed by atoms with Gasteiger partial charge in [-0.15, -0.1) is 0 Å². The Morgan fingerprint density at radius 3 is 2.46 bits per heavy atom. The minimum absolute atomic E-state index is 0.0762. The summed E-state index contributed by atoms with van der Waals surface area (Å²) in [6, 6.07) is 3.35. The van der Waals surface area contributed by atoms with Crippen LogP contribution >= 0.6 is 0 Å². The summed E-state index contributed by atoms with van der Waals surface area (Å²) in [6.07, 6.45) is 3.28. The van der Waals surface area contributed by atoms with Gasteiger partial charge in [-0.25, -0.2) is 4.79 Å². The van der Waals surface area contributed by atoms with E-state index in [2.05, 4.69) is 13.8 Å². The quantitative estimate of drug-likeness (QED) is 0.356. The van der Waals surface area contributed by atoms with Crippen molar-refractivity contribution in [1.29, 1.82) is 0 Å². The average molecular weight is 549 g/mol. The predicted molar refractivity (Wildman–Crippen MR) is 140 cm³/mol. The molecule has 0 spiro atoms. The van der Waals surface area contributed by atoms with Gasteiger partial charge in [-0.1, -0.05) is 13.8 Å². The number of hydrogen-bond acceptors (Lipinski definition) is 9. The Morgan fingerprint density at radius 2 is 1.74 bits per heavy atom. The third-order valence-electron chi connectivity index (χ3n) is 12.1. The van der Waals surface area contributed by atoms with Gasteiger partial charge in [0.1, 0.15) is 24.4 Å². The maximum atomic E-state index is 12.4. The average Bonchev–Trinajstić information content (AvgIpc) is 3.20. The molecule has 218 valence electrons. The Hall–Kier alpha value is -1.33. The molecule has 4 aliphatic carbocycles. The van der Waals surface area contributed by atoms with Gasteiger partial charge in [0, 0.05) is 11.5 Å². The van der Waals surface area contributed by atoms with Crippen molar-refractivity contribution in [2.24, 2.45) is 28.6 Å². The highest BCUT2D eigenvalue weighted by Gasteiger charge is 2.67. The van der Waals surface area contributed by atoms with Gasteiger partial charge in [0.25, 0.3) is 0 Å². The normalized spacial score (nSPS) is 51.6. The van der Waals surface area contributed by atoms with Crippen LogP contribution in [-0.2, 0) is 9.47 Å². The molecule has 13 atom stereocenters. The van der Waals surface area contributed by atoms with E-state index in [0.717, 1.165) is 63.4 Å². The molecule has 6 rings (SSSR count). The molecule has 1 aromatic rings. The molecule has 4 saturated carbocycles. The molecule has 9 heteroatoms. The molecular formula is C30H44O9. The van der Waals surface area contributed by atoms with E-state index in [1.807, 2.05) is 6.07 Å². The van der Waals surface area contributed by atoms with Crippen molar-refractivity contribution in [2.75, 3.05) is 6.61 Å². The van der Waals surface area contributed by atoms with Gasteiger partial charge < -0.3 is 39.4 Å². The summed E-state index contributed by atoms with van der Waals surface area (Å²) >= 11 is 0. The minimum Gasteiger partial charge on any atom is -0.431 e. The van der Waals surface area contributed by atoms with Gasteiger partial charge >= 0.3 is 5.63 Å². The maximum absolute atomic E-state index is 12.4. The molecule has 39 heavy (non-hydrogen) atoms. The number of rotatable bonds is 4. The zero-order valence-corrected chi connectivity index (χ0v) is 22.9. The van der Waals surface area contributed by atoms with Crippen molar-refractivity contribution >= 4 is 0 Å². The first-order valence-electron chi connectivity index (χ1n) is 14.8. The van der Waals surface area contributed by atoms with Gasteiger partial charge in [-0.2, -0.15) is 0 Å². The smallest absolute Gasteiger partial charge is 0.335 e. The second-order valence-electron chi connectivity index (χ2n) is 13.6. The Bertz CT molecular complexity index is 1090. The molecule has 1 aromatic heterocycles. The lowest BCUT2D eigenvalue weighted by atomic mass is 9.43. The highest BCUT2D eigenvalue weighted by molar-refractivity contribution is 5.27. The Morgan fingerprint density at radius 1 is 0.949 bits per heavy atom. The van der Waals surface area contributed by atoms with Crippen LogP contribution in [0.5, 0.6) is 0 Å². The van der Waals surface area contributed by atoms with E-state index in [0.29, 0.717) is 11.8 Å². The van der Waals surface area contributed by atoms with Crippen LogP contribution in [-0.4, -0.2) is 74.6 Å². The molecule has 0 amide bonds. The molecule has 1 aliphatic heterocycles. The van der Waals surface area contributed by atoms with Gasteiger partial charge in [0.2, 0.25) is 0 Å². The lowest BCUT2D eigenvalue weighted by Gasteiger charge is -2.63. The predicted octanol–water partition coefficient (Wildman–Crippen LogP) is 2.07. The molecule has 1 saturated heterocycles. The van der Waals surface area contributed by atoms with Crippen molar-refractivity contribution in [2.45, 2.75) is 120 Å². The zero-order valence-electron chi connectivity index (χ0n) is 22.9. The number of fused-ring (bicyclic) bond motifs is 5. The largest absolute Gasteiger partial charge is 0.431 e. The van der Waals surface area contributed by atoms with Crippen molar-refractivity contribution in [3.8, 4) is 0 Å². The standard InChI is InChI=1S/C30H44O9/c1-28-10-7-18(38-27-26(35)25(34)24(33)22(14-31)39-27)13-17(28)4-5-21-20(28)8-11-29(2)19(9-12-30(21,29)36)16-3-6-23(32)37-15-16/h3,6,15,17-22,24-27,31,33-36H,4-5,7-14H2,1-2H3/t17-,18-,19?,20+,21-,22-,24-,25+,26-,27+,28+,29-,30+/m1/s1. The van der Waals surface area contributed by atoms with E-state index in [-0.39, 0.29) is 34.4 Å². The fourth-order valence-corrected chi connectivity index (χ4v) is 9.78. The third-order valence-corrected chi connectivity index (χ3v) is 12.1. The van der Waals surface area contributed by atoms with Crippen molar-refractivity contribution in [3.63, 3.8) is 0 Å². The van der Waals surface area contributed by atoms with E-state index in [4.69, 9.17) is 13.9 Å². The monoisotopic (exact) mass is 548 g/mol. The lowest BCUT2D eigenvalue weighted by molar-refractivity contribution is -0.317. The van der Waals surface area contributed by atoms with Crippen LogP contribution in [0.15, 0.2) is 27.6 Å². The molecular weight excluding hydrogens is 504 g/mol. The second kappa shape index (κ2) is 9.89. The molecule has 9 nitrogen and oxygen atoms in total. The highest BCUT2D eigenvalue weighted by atomic mass is 16.7. The van der Waals surface area contributed by atoms with Gasteiger partial charge in [0.15, 0.2) is 6.29 Å². The molecule has 2 heterocycles. The Kier molecular flexibility index (Phi) is 7.06. The van der Waals surface area contributed by atoms with Crippen LogP contribution in [0.25, 0.3) is 0 Å². The second-order valence-corrected chi connectivity index (χ2v) is 13.6.